The standard InChI is InChI=1S/C26H22N2O5S/c1-16(29)18-9-7-10-20(14-18)27-24(30)17(2)32-25(31)21-11-4-3-8-19(21)15-34-26-28-22-12-5-6-13-23(22)33-26/h3-14,17H,15H2,1-2H3,(H,27,30). The molecule has 1 amide bonds. The van der Waals surface area contributed by atoms with Gasteiger partial charge in [-0.3, -0.25) is 9.59 Å². The van der Waals surface area contributed by atoms with E-state index in [1.54, 1.807) is 36.4 Å². The molecule has 4 rings (SSSR count). The number of ether oxygens (including phenoxy) is 1. The van der Waals surface area contributed by atoms with Gasteiger partial charge in [-0.25, -0.2) is 9.78 Å². The Morgan fingerprint density at radius 2 is 1.79 bits per heavy atom. The Hall–Kier alpha value is -3.91. The first-order valence-corrected chi connectivity index (χ1v) is 11.6. The quantitative estimate of drug-likeness (QED) is 0.204. The summed E-state index contributed by atoms with van der Waals surface area (Å²) >= 11 is 1.37. The molecule has 0 aliphatic heterocycles. The van der Waals surface area contributed by atoms with Crippen LogP contribution in [0, 0.1) is 0 Å². The number of thioether (sulfide) groups is 1. The minimum Gasteiger partial charge on any atom is -0.449 e. The molecule has 3 aromatic carbocycles. The molecule has 4 aromatic rings. The van der Waals surface area contributed by atoms with Gasteiger partial charge in [0.25, 0.3) is 11.1 Å². The second-order valence-corrected chi connectivity index (χ2v) is 8.49. The number of Topliss-reactive ketones (excluding diaryl/α,β-unsaturated/α-hetero) is 1. The van der Waals surface area contributed by atoms with Crippen molar-refractivity contribution in [3.63, 3.8) is 0 Å². The fraction of sp³-hybridized carbons (Fsp3) is 0.154. The first-order chi connectivity index (χ1) is 16.4. The van der Waals surface area contributed by atoms with Crippen molar-refractivity contribution in [3.05, 3.63) is 89.5 Å². The highest BCUT2D eigenvalue weighted by Crippen LogP contribution is 2.27. The Bertz CT molecular complexity index is 1330. The highest BCUT2D eigenvalue weighted by molar-refractivity contribution is 7.98. The van der Waals surface area contributed by atoms with Crippen LogP contribution >= 0.6 is 11.8 Å². The van der Waals surface area contributed by atoms with Crippen molar-refractivity contribution < 1.29 is 23.5 Å². The molecular formula is C26H22N2O5S. The van der Waals surface area contributed by atoms with Crippen molar-refractivity contribution in [3.8, 4) is 0 Å². The number of anilines is 1. The Morgan fingerprint density at radius 3 is 2.59 bits per heavy atom. The van der Waals surface area contributed by atoms with Crippen molar-refractivity contribution in [1.29, 1.82) is 0 Å². The number of hydrogen-bond acceptors (Lipinski definition) is 7. The van der Waals surface area contributed by atoms with Gasteiger partial charge >= 0.3 is 5.97 Å². The van der Waals surface area contributed by atoms with Crippen LogP contribution in [0.1, 0.15) is 40.1 Å². The summed E-state index contributed by atoms with van der Waals surface area (Å²) < 4.78 is 11.2. The molecule has 172 valence electrons. The lowest BCUT2D eigenvalue weighted by Gasteiger charge is -2.15. The van der Waals surface area contributed by atoms with Gasteiger partial charge < -0.3 is 14.5 Å². The van der Waals surface area contributed by atoms with E-state index in [1.165, 1.54) is 25.6 Å². The number of amides is 1. The summed E-state index contributed by atoms with van der Waals surface area (Å²) in [5, 5.41) is 3.18. The molecule has 0 aliphatic rings. The smallest absolute Gasteiger partial charge is 0.339 e. The molecule has 0 aliphatic carbocycles. The predicted octanol–water partition coefficient (Wildman–Crippen LogP) is 5.51. The van der Waals surface area contributed by atoms with Gasteiger partial charge in [0.05, 0.1) is 5.56 Å². The number of nitrogens with one attached hydrogen (secondary N) is 1. The molecule has 1 aromatic heterocycles. The van der Waals surface area contributed by atoms with Crippen molar-refractivity contribution in [1.82, 2.24) is 4.98 Å². The van der Waals surface area contributed by atoms with Gasteiger partial charge in [-0.05, 0) is 49.7 Å². The lowest BCUT2D eigenvalue weighted by molar-refractivity contribution is -0.123. The van der Waals surface area contributed by atoms with Crippen molar-refractivity contribution >= 4 is 46.2 Å². The van der Waals surface area contributed by atoms with Crippen LogP contribution in [0.15, 0.2) is 82.4 Å². The fourth-order valence-corrected chi connectivity index (χ4v) is 4.08. The third-order valence-corrected chi connectivity index (χ3v) is 5.93. The molecule has 7 nitrogen and oxygen atoms in total. The number of carbonyl (C=O) groups excluding carboxylic acids is 3. The Morgan fingerprint density at radius 1 is 1.03 bits per heavy atom. The first-order valence-electron chi connectivity index (χ1n) is 10.6. The zero-order valence-corrected chi connectivity index (χ0v) is 19.4. The molecule has 0 radical (unpaired) electrons. The molecular weight excluding hydrogens is 452 g/mol. The first kappa shape index (κ1) is 23.3. The fourth-order valence-electron chi connectivity index (χ4n) is 3.23. The Balaban J connectivity index is 1.40. The maximum atomic E-state index is 12.8. The number of carbonyl (C=O) groups is 3. The Labute approximate surface area is 200 Å². The number of esters is 1. The van der Waals surface area contributed by atoms with Gasteiger partial charge in [0.2, 0.25) is 0 Å². The third kappa shape index (κ3) is 5.52. The van der Waals surface area contributed by atoms with Crippen LogP contribution in [-0.4, -0.2) is 28.7 Å². The van der Waals surface area contributed by atoms with Crippen LogP contribution in [0.25, 0.3) is 11.1 Å². The van der Waals surface area contributed by atoms with Crippen LogP contribution in [0.5, 0.6) is 0 Å². The second-order valence-electron chi connectivity index (χ2n) is 7.57. The molecule has 0 saturated heterocycles. The molecule has 0 fully saturated rings. The number of oxazole rings is 1. The number of para-hydroxylation sites is 2. The number of nitrogens with zero attached hydrogens (tertiary/aromatic N) is 1. The molecule has 0 saturated carbocycles. The van der Waals surface area contributed by atoms with Gasteiger partial charge in [0.15, 0.2) is 17.5 Å². The average molecular weight is 475 g/mol. The summed E-state index contributed by atoms with van der Waals surface area (Å²) in [5.41, 5.74) is 3.51. The van der Waals surface area contributed by atoms with E-state index in [2.05, 4.69) is 10.3 Å². The van der Waals surface area contributed by atoms with Crippen molar-refractivity contribution in [2.24, 2.45) is 0 Å². The highest BCUT2D eigenvalue weighted by atomic mass is 32.2. The van der Waals surface area contributed by atoms with Crippen LogP contribution in [0.3, 0.4) is 0 Å². The molecule has 0 spiro atoms. The lowest BCUT2D eigenvalue weighted by Crippen LogP contribution is -2.30. The van der Waals surface area contributed by atoms with E-state index in [-0.39, 0.29) is 5.78 Å². The third-order valence-electron chi connectivity index (χ3n) is 5.05. The number of fused-ring (bicyclic) bond motifs is 1. The zero-order valence-electron chi connectivity index (χ0n) is 18.6. The topological polar surface area (TPSA) is 98.5 Å². The SMILES string of the molecule is CC(=O)c1cccc(NC(=O)C(C)OC(=O)c2ccccc2CSc2nc3ccccc3o2)c1. The maximum Gasteiger partial charge on any atom is 0.339 e. The van der Waals surface area contributed by atoms with E-state index in [4.69, 9.17) is 9.15 Å². The van der Waals surface area contributed by atoms with Crippen LogP contribution in [0.4, 0.5) is 5.69 Å². The van der Waals surface area contributed by atoms with E-state index < -0.39 is 18.0 Å². The molecule has 1 unspecified atom stereocenters. The summed E-state index contributed by atoms with van der Waals surface area (Å²) in [4.78, 5) is 41.4. The lowest BCUT2D eigenvalue weighted by atomic mass is 10.1. The number of hydrogen-bond donors (Lipinski definition) is 1. The Kier molecular flexibility index (Phi) is 7.08. The summed E-state index contributed by atoms with van der Waals surface area (Å²) in [6, 6.07) is 21.1. The predicted molar refractivity (Wildman–Crippen MR) is 130 cm³/mol. The average Bonchev–Trinajstić information content (AvgIpc) is 3.26. The maximum absolute atomic E-state index is 12.8. The van der Waals surface area contributed by atoms with E-state index in [1.807, 2.05) is 36.4 Å². The van der Waals surface area contributed by atoms with Gasteiger partial charge in [0.1, 0.15) is 5.52 Å². The number of rotatable bonds is 8. The zero-order chi connectivity index (χ0) is 24.1. The van der Waals surface area contributed by atoms with E-state index in [0.717, 1.165) is 11.1 Å². The summed E-state index contributed by atoms with van der Waals surface area (Å²) in [7, 11) is 0. The second kappa shape index (κ2) is 10.4. The van der Waals surface area contributed by atoms with Crippen LogP contribution in [0.2, 0.25) is 0 Å². The summed E-state index contributed by atoms with van der Waals surface area (Å²) in [6.45, 7) is 2.95. The van der Waals surface area contributed by atoms with Gasteiger partial charge in [-0.1, -0.05) is 54.2 Å². The van der Waals surface area contributed by atoms with Gasteiger partial charge in [-0.2, -0.15) is 0 Å². The summed E-state index contributed by atoms with van der Waals surface area (Å²) in [5.74, 6) is -0.763. The van der Waals surface area contributed by atoms with Crippen LogP contribution in [-0.2, 0) is 15.3 Å². The van der Waals surface area contributed by atoms with Gasteiger partial charge in [-0.15, -0.1) is 0 Å². The minimum atomic E-state index is -1.04. The van der Waals surface area contributed by atoms with E-state index >= 15 is 0 Å². The molecule has 34 heavy (non-hydrogen) atoms. The van der Waals surface area contributed by atoms with E-state index in [0.29, 0.717) is 33.4 Å². The van der Waals surface area contributed by atoms with Gasteiger partial charge in [0, 0.05) is 17.0 Å². The number of aromatic nitrogens is 1. The van der Waals surface area contributed by atoms with Crippen molar-refractivity contribution in [2.75, 3.05) is 5.32 Å². The monoisotopic (exact) mass is 474 g/mol. The molecule has 1 atom stereocenters. The number of ketones is 1. The summed E-state index contributed by atoms with van der Waals surface area (Å²) in [6.07, 6.45) is -1.04. The van der Waals surface area contributed by atoms with Crippen LogP contribution < -0.4 is 5.32 Å². The largest absolute Gasteiger partial charge is 0.449 e. The van der Waals surface area contributed by atoms with E-state index in [9.17, 15) is 14.4 Å². The molecule has 1 heterocycles. The number of benzene rings is 3. The molecule has 0 bridgehead atoms. The molecule has 8 heteroatoms. The van der Waals surface area contributed by atoms with Crippen molar-refractivity contribution in [2.45, 2.75) is 30.9 Å². The normalized spacial score (nSPS) is 11.7. The minimum absolute atomic E-state index is 0.108. The highest BCUT2D eigenvalue weighted by Gasteiger charge is 2.21. The molecule has 1 N–H and O–H groups in total.